The number of ether oxygens (including phenoxy) is 1. The third-order valence-corrected chi connectivity index (χ3v) is 3.83. The first-order valence-electron chi connectivity index (χ1n) is 5.64. The van der Waals surface area contributed by atoms with E-state index in [1.54, 1.807) is 13.8 Å². The zero-order chi connectivity index (χ0) is 11.7. The normalized spacial score (nSPS) is 32.5. The molecule has 0 amide bonds. The summed E-state index contributed by atoms with van der Waals surface area (Å²) in [5, 5.41) is 10.6. The summed E-state index contributed by atoms with van der Waals surface area (Å²) in [6, 6.07) is 0. The minimum atomic E-state index is -0.905. The highest BCUT2D eigenvalue weighted by molar-refractivity contribution is 5.77. The summed E-state index contributed by atoms with van der Waals surface area (Å²) in [4.78, 5) is 11.7. The molecule has 3 heteroatoms. The Hall–Kier alpha value is -0.570. The molecule has 3 nitrogen and oxygen atoms in total. The molecular weight excluding hydrogens is 192 g/mol. The Morgan fingerprint density at radius 2 is 2.13 bits per heavy atom. The van der Waals surface area contributed by atoms with Crippen molar-refractivity contribution >= 4 is 5.97 Å². The van der Waals surface area contributed by atoms with Gasteiger partial charge in [0.15, 0.2) is 0 Å². The molecule has 0 bridgehead atoms. The third-order valence-electron chi connectivity index (χ3n) is 3.83. The predicted octanol–water partition coefficient (Wildman–Crippen LogP) is 2.13. The second kappa shape index (κ2) is 4.12. The number of methoxy groups -OCH3 is 1. The van der Waals surface area contributed by atoms with E-state index < -0.39 is 11.0 Å². The molecule has 1 aliphatic rings. The van der Waals surface area contributed by atoms with Gasteiger partial charge in [-0.2, -0.15) is 0 Å². The monoisotopic (exact) mass is 214 g/mol. The molecule has 0 saturated heterocycles. The Morgan fingerprint density at radius 3 is 2.60 bits per heavy atom. The SMILES string of the molecule is COC(=O)C(C)(C)C1(O)CCCC(C)C1. The number of aliphatic hydroxyl groups is 1. The van der Waals surface area contributed by atoms with Crippen LogP contribution in [0.5, 0.6) is 0 Å². The van der Waals surface area contributed by atoms with Crippen LogP contribution in [0, 0.1) is 11.3 Å². The molecule has 2 atom stereocenters. The third kappa shape index (κ3) is 2.17. The van der Waals surface area contributed by atoms with E-state index in [-0.39, 0.29) is 5.97 Å². The Balaban J connectivity index is 2.87. The topological polar surface area (TPSA) is 46.5 Å². The van der Waals surface area contributed by atoms with Crippen molar-refractivity contribution in [2.45, 2.75) is 52.1 Å². The molecule has 15 heavy (non-hydrogen) atoms. The Bertz CT molecular complexity index is 247. The highest BCUT2D eigenvalue weighted by Gasteiger charge is 2.50. The van der Waals surface area contributed by atoms with E-state index in [0.717, 1.165) is 12.8 Å². The van der Waals surface area contributed by atoms with Crippen LogP contribution >= 0.6 is 0 Å². The van der Waals surface area contributed by atoms with Gasteiger partial charge in [0.1, 0.15) is 0 Å². The van der Waals surface area contributed by atoms with Crippen LogP contribution in [0.4, 0.5) is 0 Å². The minimum absolute atomic E-state index is 0.320. The van der Waals surface area contributed by atoms with E-state index >= 15 is 0 Å². The molecule has 1 rings (SSSR count). The van der Waals surface area contributed by atoms with E-state index in [0.29, 0.717) is 18.8 Å². The fraction of sp³-hybridized carbons (Fsp3) is 0.917. The van der Waals surface area contributed by atoms with Gasteiger partial charge in [0.05, 0.1) is 18.1 Å². The summed E-state index contributed by atoms with van der Waals surface area (Å²) in [5.41, 5.74) is -1.71. The first-order valence-corrected chi connectivity index (χ1v) is 5.64. The molecule has 0 aliphatic heterocycles. The average Bonchev–Trinajstić information content (AvgIpc) is 2.15. The van der Waals surface area contributed by atoms with Gasteiger partial charge >= 0.3 is 5.97 Å². The molecule has 1 N–H and O–H groups in total. The number of rotatable bonds is 2. The van der Waals surface area contributed by atoms with Gasteiger partial charge in [-0.05, 0) is 32.6 Å². The molecule has 1 saturated carbocycles. The van der Waals surface area contributed by atoms with E-state index in [1.807, 2.05) is 0 Å². The largest absolute Gasteiger partial charge is 0.469 e. The van der Waals surface area contributed by atoms with Crippen molar-refractivity contribution in [3.63, 3.8) is 0 Å². The molecule has 0 heterocycles. The summed E-state index contributed by atoms with van der Waals surface area (Å²) in [6.45, 7) is 5.67. The summed E-state index contributed by atoms with van der Waals surface area (Å²) in [6.07, 6.45) is 3.51. The molecule has 0 spiro atoms. The second-order valence-electron chi connectivity index (χ2n) is 5.35. The van der Waals surface area contributed by atoms with Gasteiger partial charge < -0.3 is 9.84 Å². The zero-order valence-electron chi connectivity index (χ0n) is 10.2. The molecule has 0 radical (unpaired) electrons. The number of hydrogen-bond acceptors (Lipinski definition) is 3. The average molecular weight is 214 g/mol. The number of carbonyl (C=O) groups excluding carboxylic acids is 1. The van der Waals surface area contributed by atoms with Crippen molar-refractivity contribution in [3.8, 4) is 0 Å². The molecule has 0 aromatic heterocycles. The van der Waals surface area contributed by atoms with Crippen LogP contribution in [0.2, 0.25) is 0 Å². The van der Waals surface area contributed by atoms with Crippen LogP contribution in [0.25, 0.3) is 0 Å². The van der Waals surface area contributed by atoms with Crippen molar-refractivity contribution in [1.29, 1.82) is 0 Å². The lowest BCUT2D eigenvalue weighted by Crippen LogP contribution is -2.52. The van der Waals surface area contributed by atoms with E-state index in [2.05, 4.69) is 6.92 Å². The highest BCUT2D eigenvalue weighted by Crippen LogP contribution is 2.44. The second-order valence-corrected chi connectivity index (χ2v) is 5.35. The van der Waals surface area contributed by atoms with Crippen LogP contribution in [-0.4, -0.2) is 23.8 Å². The lowest BCUT2D eigenvalue weighted by molar-refractivity contribution is -0.174. The standard InChI is InChI=1S/C12H22O3/c1-9-6-5-7-12(14,8-9)11(2,3)10(13)15-4/h9,14H,5-8H2,1-4H3. The molecule has 1 aliphatic carbocycles. The van der Waals surface area contributed by atoms with Crippen LogP contribution in [0.3, 0.4) is 0 Å². The number of carbonyl (C=O) groups is 1. The zero-order valence-corrected chi connectivity index (χ0v) is 10.2. The maximum Gasteiger partial charge on any atom is 0.314 e. The van der Waals surface area contributed by atoms with E-state index in [9.17, 15) is 9.90 Å². The van der Waals surface area contributed by atoms with Gasteiger partial charge in [-0.1, -0.05) is 19.8 Å². The summed E-state index contributed by atoms with van der Waals surface area (Å²) in [7, 11) is 1.37. The maximum absolute atomic E-state index is 11.7. The maximum atomic E-state index is 11.7. The lowest BCUT2D eigenvalue weighted by atomic mass is 9.65. The van der Waals surface area contributed by atoms with Crippen LogP contribution < -0.4 is 0 Å². The predicted molar refractivity (Wildman–Crippen MR) is 58.4 cm³/mol. The van der Waals surface area contributed by atoms with E-state index in [4.69, 9.17) is 4.74 Å². The van der Waals surface area contributed by atoms with Crippen molar-refractivity contribution < 1.29 is 14.6 Å². The number of esters is 1. The fourth-order valence-electron chi connectivity index (χ4n) is 2.54. The Kier molecular flexibility index (Phi) is 3.44. The van der Waals surface area contributed by atoms with Gasteiger partial charge in [-0.15, -0.1) is 0 Å². The quantitative estimate of drug-likeness (QED) is 0.716. The molecule has 88 valence electrons. The highest BCUT2D eigenvalue weighted by atomic mass is 16.5. The van der Waals surface area contributed by atoms with Crippen molar-refractivity contribution in [2.75, 3.05) is 7.11 Å². The fourth-order valence-corrected chi connectivity index (χ4v) is 2.54. The van der Waals surface area contributed by atoms with Crippen LogP contribution in [-0.2, 0) is 9.53 Å². The molecule has 2 unspecified atom stereocenters. The van der Waals surface area contributed by atoms with Crippen molar-refractivity contribution in [2.24, 2.45) is 11.3 Å². The molecule has 0 aromatic rings. The summed E-state index contributed by atoms with van der Waals surface area (Å²) >= 11 is 0. The minimum Gasteiger partial charge on any atom is -0.469 e. The van der Waals surface area contributed by atoms with Gasteiger partial charge in [-0.25, -0.2) is 0 Å². The van der Waals surface area contributed by atoms with Crippen molar-refractivity contribution in [3.05, 3.63) is 0 Å². The molecular formula is C12H22O3. The molecule has 1 fully saturated rings. The van der Waals surface area contributed by atoms with Gasteiger partial charge in [0, 0.05) is 0 Å². The number of hydrogen-bond donors (Lipinski definition) is 1. The summed E-state index contributed by atoms with van der Waals surface area (Å²) < 4.78 is 4.77. The Morgan fingerprint density at radius 1 is 1.53 bits per heavy atom. The molecule has 0 aromatic carbocycles. The van der Waals surface area contributed by atoms with Gasteiger partial charge in [0.2, 0.25) is 0 Å². The van der Waals surface area contributed by atoms with Crippen LogP contribution in [0.15, 0.2) is 0 Å². The Labute approximate surface area is 91.8 Å². The first-order chi connectivity index (χ1) is 6.83. The first kappa shape index (κ1) is 12.5. The van der Waals surface area contributed by atoms with Crippen molar-refractivity contribution in [1.82, 2.24) is 0 Å². The van der Waals surface area contributed by atoms with Crippen LogP contribution in [0.1, 0.15) is 46.5 Å². The smallest absolute Gasteiger partial charge is 0.314 e. The van der Waals surface area contributed by atoms with E-state index in [1.165, 1.54) is 7.11 Å². The lowest BCUT2D eigenvalue weighted by Gasteiger charge is -2.45. The summed E-state index contributed by atoms with van der Waals surface area (Å²) in [5.74, 6) is 0.159. The van der Waals surface area contributed by atoms with Gasteiger partial charge in [0.25, 0.3) is 0 Å². The van der Waals surface area contributed by atoms with Gasteiger partial charge in [-0.3, -0.25) is 4.79 Å².